The van der Waals surface area contributed by atoms with E-state index in [4.69, 9.17) is 10.8 Å². The average Bonchev–Trinajstić information content (AvgIpc) is 2.45. The molecule has 102 valence electrons. The van der Waals surface area contributed by atoms with Crippen molar-refractivity contribution < 1.29 is 4.43 Å². The highest BCUT2D eigenvalue weighted by Gasteiger charge is 2.28. The molecule has 1 aliphatic carbocycles. The van der Waals surface area contributed by atoms with Gasteiger partial charge >= 0.3 is 0 Å². The summed E-state index contributed by atoms with van der Waals surface area (Å²) in [6, 6.07) is 3.77. The Morgan fingerprint density at radius 2 is 2.00 bits per heavy atom. The molecule has 0 bridgehead atoms. The predicted octanol–water partition coefficient (Wildman–Crippen LogP) is 4.76. The van der Waals surface area contributed by atoms with Gasteiger partial charge in [-0.2, -0.15) is 0 Å². The molecule has 0 aromatic carbocycles. The Hall–Kier alpha value is -0.523. The zero-order chi connectivity index (χ0) is 13.4. The van der Waals surface area contributed by atoms with Gasteiger partial charge in [-0.1, -0.05) is 32.8 Å². The first kappa shape index (κ1) is 15.5. The molecule has 0 heterocycles. The Labute approximate surface area is 114 Å². The molecule has 0 aromatic heterocycles. The molecule has 0 radical (unpaired) electrons. The summed E-state index contributed by atoms with van der Waals surface area (Å²) in [5, 5.41) is 0. The first-order valence-electron chi connectivity index (χ1n) is 7.49. The minimum Gasteiger partial charge on any atom is -0.417 e. The Morgan fingerprint density at radius 1 is 1.33 bits per heavy atom. The van der Waals surface area contributed by atoms with Gasteiger partial charge in [0.2, 0.25) is 0 Å². The third-order valence-electron chi connectivity index (χ3n) is 4.57. The molecule has 0 aromatic rings. The van der Waals surface area contributed by atoms with Crippen molar-refractivity contribution in [3.05, 3.63) is 11.6 Å². The van der Waals surface area contributed by atoms with E-state index in [1.807, 2.05) is 0 Å². The van der Waals surface area contributed by atoms with Gasteiger partial charge in [0.1, 0.15) is 0 Å². The molecule has 1 rings (SSSR count). The van der Waals surface area contributed by atoms with Crippen LogP contribution in [0.2, 0.25) is 18.1 Å². The minimum atomic E-state index is -1.37. The van der Waals surface area contributed by atoms with E-state index in [1.54, 1.807) is 0 Å². The second-order valence-corrected chi connectivity index (χ2v) is 10.2. The van der Waals surface area contributed by atoms with Crippen LogP contribution in [0.25, 0.3) is 0 Å². The Kier molecular flexibility index (Phi) is 6.74. The second kappa shape index (κ2) is 7.81. The highest BCUT2D eigenvalue weighted by Crippen LogP contribution is 2.27. The van der Waals surface area contributed by atoms with E-state index < -0.39 is 8.32 Å². The van der Waals surface area contributed by atoms with Gasteiger partial charge in [-0.25, -0.2) is 0 Å². The van der Waals surface area contributed by atoms with Gasteiger partial charge in [-0.3, -0.25) is 0 Å². The predicted molar refractivity (Wildman–Crippen MR) is 82.0 cm³/mol. The molecular formula is C16H28OSi. The molecule has 2 heteroatoms. The van der Waals surface area contributed by atoms with Crippen molar-refractivity contribution in [2.75, 3.05) is 6.61 Å². The van der Waals surface area contributed by atoms with Crippen LogP contribution in [0, 0.1) is 18.3 Å². The summed E-state index contributed by atoms with van der Waals surface area (Å²) in [5.74, 6) is 3.56. The van der Waals surface area contributed by atoms with Gasteiger partial charge in [0.05, 0.1) is 0 Å². The fraction of sp³-hybridized carbons (Fsp3) is 0.750. The molecule has 0 fully saturated rings. The Balaban J connectivity index is 2.30. The van der Waals surface area contributed by atoms with Crippen LogP contribution < -0.4 is 0 Å². The molecule has 0 spiro atoms. The lowest BCUT2D eigenvalue weighted by molar-refractivity contribution is 0.256. The first-order valence-corrected chi connectivity index (χ1v) is 10.0. The zero-order valence-electron chi connectivity index (χ0n) is 12.3. The van der Waals surface area contributed by atoms with Gasteiger partial charge in [-0.15, -0.1) is 6.42 Å². The van der Waals surface area contributed by atoms with E-state index in [-0.39, 0.29) is 0 Å². The Bertz CT molecular complexity index is 301. The van der Waals surface area contributed by atoms with Crippen LogP contribution in [0.3, 0.4) is 0 Å². The topological polar surface area (TPSA) is 9.23 Å². The third-order valence-corrected chi connectivity index (χ3v) is 9.25. The maximum Gasteiger partial charge on any atom is 0.191 e. The standard InChI is InChI=1S/C16H28OSi/c1-5-15-9-11-16(12-10-15)13-14-17-18(6-2,7-3)8-4/h1,9,16H,6-8,10-14H2,2-4H3/t16-/m1/s1. The molecule has 0 saturated heterocycles. The molecule has 18 heavy (non-hydrogen) atoms. The average molecular weight is 264 g/mol. The molecule has 1 nitrogen and oxygen atoms in total. The maximum atomic E-state index is 6.31. The second-order valence-electron chi connectivity index (χ2n) is 5.39. The number of terminal acetylenes is 1. The fourth-order valence-corrected chi connectivity index (χ4v) is 5.44. The van der Waals surface area contributed by atoms with E-state index in [0.717, 1.165) is 25.4 Å². The van der Waals surface area contributed by atoms with Crippen molar-refractivity contribution in [3.8, 4) is 12.3 Å². The summed E-state index contributed by atoms with van der Waals surface area (Å²) in [6.45, 7) is 7.84. The highest BCUT2D eigenvalue weighted by atomic mass is 28.4. The Morgan fingerprint density at radius 3 is 2.44 bits per heavy atom. The number of hydrogen-bond donors (Lipinski definition) is 0. The smallest absolute Gasteiger partial charge is 0.191 e. The molecule has 0 amide bonds. The summed E-state index contributed by atoms with van der Waals surface area (Å²) in [5.41, 5.74) is 1.20. The summed E-state index contributed by atoms with van der Waals surface area (Å²) >= 11 is 0. The van der Waals surface area contributed by atoms with Crippen molar-refractivity contribution in [1.82, 2.24) is 0 Å². The lowest BCUT2D eigenvalue weighted by Gasteiger charge is -2.29. The van der Waals surface area contributed by atoms with Crippen LogP contribution >= 0.6 is 0 Å². The SMILES string of the molecule is C#CC1=CC[C@@H](CCO[Si](CC)(CC)CC)CC1. The largest absolute Gasteiger partial charge is 0.417 e. The summed E-state index contributed by atoms with van der Waals surface area (Å²) in [7, 11) is -1.37. The normalized spacial score (nSPS) is 20.3. The lowest BCUT2D eigenvalue weighted by Crippen LogP contribution is -2.36. The number of hydrogen-bond acceptors (Lipinski definition) is 1. The zero-order valence-corrected chi connectivity index (χ0v) is 13.3. The molecule has 1 aliphatic rings. The van der Waals surface area contributed by atoms with Crippen LogP contribution in [0.1, 0.15) is 46.5 Å². The highest BCUT2D eigenvalue weighted by molar-refractivity contribution is 6.73. The summed E-state index contributed by atoms with van der Waals surface area (Å²) in [4.78, 5) is 0. The van der Waals surface area contributed by atoms with Crippen LogP contribution in [-0.2, 0) is 4.43 Å². The fourth-order valence-electron chi connectivity index (χ4n) is 2.78. The van der Waals surface area contributed by atoms with E-state index in [0.29, 0.717) is 0 Å². The van der Waals surface area contributed by atoms with Crippen LogP contribution in [0.5, 0.6) is 0 Å². The van der Waals surface area contributed by atoms with Gasteiger partial charge in [0.15, 0.2) is 8.32 Å². The lowest BCUT2D eigenvalue weighted by atomic mass is 9.88. The van der Waals surface area contributed by atoms with E-state index in [2.05, 4.69) is 32.8 Å². The molecule has 1 atom stereocenters. The van der Waals surface area contributed by atoms with Gasteiger partial charge in [0.25, 0.3) is 0 Å². The van der Waals surface area contributed by atoms with Crippen molar-refractivity contribution in [1.29, 1.82) is 0 Å². The van der Waals surface area contributed by atoms with Gasteiger partial charge in [0, 0.05) is 6.61 Å². The molecular weight excluding hydrogens is 236 g/mol. The van der Waals surface area contributed by atoms with Crippen molar-refractivity contribution >= 4 is 8.32 Å². The van der Waals surface area contributed by atoms with Crippen LogP contribution in [-0.4, -0.2) is 14.9 Å². The van der Waals surface area contributed by atoms with E-state index >= 15 is 0 Å². The van der Waals surface area contributed by atoms with Crippen molar-refractivity contribution in [2.45, 2.75) is 64.6 Å². The third kappa shape index (κ3) is 4.30. The molecule has 0 aliphatic heterocycles. The van der Waals surface area contributed by atoms with Crippen molar-refractivity contribution in [3.63, 3.8) is 0 Å². The summed E-state index contributed by atoms with van der Waals surface area (Å²) < 4.78 is 6.31. The van der Waals surface area contributed by atoms with E-state index in [1.165, 1.54) is 36.5 Å². The minimum absolute atomic E-state index is 0.791. The number of rotatable bonds is 7. The van der Waals surface area contributed by atoms with Crippen molar-refractivity contribution in [2.24, 2.45) is 5.92 Å². The molecule has 0 saturated carbocycles. The monoisotopic (exact) mass is 264 g/mol. The summed E-state index contributed by atoms with van der Waals surface area (Å²) in [6.07, 6.45) is 12.4. The quantitative estimate of drug-likeness (QED) is 0.476. The number of allylic oxidation sites excluding steroid dienone is 2. The maximum absolute atomic E-state index is 6.31. The molecule has 0 unspecified atom stereocenters. The van der Waals surface area contributed by atoms with Gasteiger partial charge < -0.3 is 4.43 Å². The van der Waals surface area contributed by atoms with Gasteiger partial charge in [-0.05, 0) is 55.3 Å². The van der Waals surface area contributed by atoms with E-state index in [9.17, 15) is 0 Å². The first-order chi connectivity index (χ1) is 8.69. The van der Waals surface area contributed by atoms with Crippen LogP contribution in [0.15, 0.2) is 11.6 Å². The van der Waals surface area contributed by atoms with Crippen LogP contribution in [0.4, 0.5) is 0 Å². The molecule has 0 N–H and O–H groups in total.